The minimum absolute atomic E-state index is 0.897. The van der Waals surface area contributed by atoms with Gasteiger partial charge in [0.2, 0.25) is 0 Å². The third-order valence-electron chi connectivity index (χ3n) is 3.76. The highest BCUT2D eigenvalue weighted by Gasteiger charge is 2.27. The van der Waals surface area contributed by atoms with Gasteiger partial charge in [-0.15, -0.1) is 0 Å². The maximum absolute atomic E-state index is 2.47. The van der Waals surface area contributed by atoms with Gasteiger partial charge in [0.1, 0.15) is 19.1 Å². The van der Waals surface area contributed by atoms with Gasteiger partial charge in [0, 0.05) is 18.4 Å². The largest absolute Gasteiger partial charge is 0.338 e. The molecule has 1 fully saturated rings. The SMILES string of the molecule is CC[NH+]1CCC[C@@H]1C[NH2+]Cc1ccccc1. The molecule has 0 aromatic heterocycles. The van der Waals surface area contributed by atoms with E-state index in [4.69, 9.17) is 0 Å². The predicted octanol–water partition coefficient (Wildman–Crippen LogP) is -0.183. The summed E-state index contributed by atoms with van der Waals surface area (Å²) in [5.41, 5.74) is 1.44. The zero-order valence-corrected chi connectivity index (χ0v) is 10.3. The fraction of sp³-hybridized carbons (Fsp3) is 0.571. The average molecular weight is 220 g/mol. The summed E-state index contributed by atoms with van der Waals surface area (Å²) >= 11 is 0. The zero-order valence-electron chi connectivity index (χ0n) is 10.3. The third-order valence-corrected chi connectivity index (χ3v) is 3.76. The fourth-order valence-corrected chi connectivity index (χ4v) is 2.80. The molecule has 3 N–H and O–H groups in total. The lowest BCUT2D eigenvalue weighted by Crippen LogP contribution is -3.16. The van der Waals surface area contributed by atoms with Crippen LogP contribution in [0.1, 0.15) is 25.3 Å². The third kappa shape index (κ3) is 3.06. The monoisotopic (exact) mass is 220 g/mol. The number of hydrogen-bond acceptors (Lipinski definition) is 0. The molecule has 0 radical (unpaired) electrons. The normalized spacial score (nSPS) is 24.8. The number of hydrogen-bond donors (Lipinski definition) is 2. The van der Waals surface area contributed by atoms with Crippen LogP contribution in [0, 0.1) is 0 Å². The van der Waals surface area contributed by atoms with E-state index in [1.54, 1.807) is 0 Å². The Hall–Kier alpha value is -0.860. The highest BCUT2D eigenvalue weighted by molar-refractivity contribution is 5.12. The molecular weight excluding hydrogens is 196 g/mol. The van der Waals surface area contributed by atoms with E-state index in [0.717, 1.165) is 12.6 Å². The molecule has 2 atom stereocenters. The predicted molar refractivity (Wildman–Crippen MR) is 66.3 cm³/mol. The molecule has 2 rings (SSSR count). The van der Waals surface area contributed by atoms with Crippen LogP contribution in [0.25, 0.3) is 0 Å². The highest BCUT2D eigenvalue weighted by Crippen LogP contribution is 1.98. The molecule has 1 aliphatic rings. The quantitative estimate of drug-likeness (QED) is 0.687. The summed E-state index contributed by atoms with van der Waals surface area (Å²) in [7, 11) is 0. The van der Waals surface area contributed by atoms with E-state index in [1.165, 1.54) is 38.0 Å². The van der Waals surface area contributed by atoms with E-state index < -0.39 is 0 Å². The molecule has 1 aromatic carbocycles. The molecule has 0 amide bonds. The first-order valence-electron chi connectivity index (χ1n) is 6.60. The van der Waals surface area contributed by atoms with Crippen molar-refractivity contribution >= 4 is 0 Å². The van der Waals surface area contributed by atoms with Gasteiger partial charge in [-0.05, 0) is 6.92 Å². The number of rotatable bonds is 5. The van der Waals surface area contributed by atoms with Gasteiger partial charge in [-0.25, -0.2) is 0 Å². The summed E-state index contributed by atoms with van der Waals surface area (Å²) in [4.78, 5) is 1.81. The van der Waals surface area contributed by atoms with Crippen molar-refractivity contribution in [2.75, 3.05) is 19.6 Å². The first kappa shape index (κ1) is 11.6. The summed E-state index contributed by atoms with van der Waals surface area (Å²) in [5, 5.41) is 2.47. The molecule has 2 nitrogen and oxygen atoms in total. The van der Waals surface area contributed by atoms with Crippen LogP contribution >= 0.6 is 0 Å². The molecule has 1 heterocycles. The van der Waals surface area contributed by atoms with Gasteiger partial charge >= 0.3 is 0 Å². The molecule has 1 aliphatic heterocycles. The number of nitrogens with one attached hydrogen (secondary N) is 1. The average Bonchev–Trinajstić information content (AvgIpc) is 2.78. The van der Waals surface area contributed by atoms with Crippen molar-refractivity contribution in [2.24, 2.45) is 0 Å². The van der Waals surface area contributed by atoms with Crippen LogP contribution in [-0.4, -0.2) is 25.7 Å². The molecule has 0 aliphatic carbocycles. The lowest BCUT2D eigenvalue weighted by atomic mass is 10.2. The molecule has 0 bridgehead atoms. The number of nitrogens with two attached hydrogens (primary N) is 1. The maximum atomic E-state index is 2.47. The molecule has 0 spiro atoms. The van der Waals surface area contributed by atoms with Crippen LogP contribution in [0.2, 0.25) is 0 Å². The molecule has 1 saturated heterocycles. The van der Waals surface area contributed by atoms with Crippen molar-refractivity contribution in [1.82, 2.24) is 0 Å². The van der Waals surface area contributed by atoms with Crippen LogP contribution < -0.4 is 10.2 Å². The Labute approximate surface area is 98.7 Å². The molecule has 1 unspecified atom stereocenters. The van der Waals surface area contributed by atoms with Crippen molar-refractivity contribution in [3.8, 4) is 0 Å². The zero-order chi connectivity index (χ0) is 11.2. The Morgan fingerprint density at radius 1 is 1.31 bits per heavy atom. The summed E-state index contributed by atoms with van der Waals surface area (Å²) < 4.78 is 0. The minimum atomic E-state index is 0.897. The van der Waals surface area contributed by atoms with Crippen LogP contribution in [0.5, 0.6) is 0 Å². The van der Waals surface area contributed by atoms with Crippen LogP contribution in [0.15, 0.2) is 30.3 Å². The van der Waals surface area contributed by atoms with E-state index in [0.29, 0.717) is 0 Å². The second-order valence-electron chi connectivity index (χ2n) is 4.82. The molecule has 2 heteroatoms. The second kappa shape index (κ2) is 6.02. The molecule has 1 aromatic rings. The van der Waals surface area contributed by atoms with E-state index in [1.807, 2.05) is 4.90 Å². The minimum Gasteiger partial charge on any atom is -0.338 e. The van der Waals surface area contributed by atoms with E-state index in [9.17, 15) is 0 Å². The Kier molecular flexibility index (Phi) is 4.37. The smallest absolute Gasteiger partial charge is 0.137 e. The van der Waals surface area contributed by atoms with Crippen molar-refractivity contribution < 1.29 is 10.2 Å². The van der Waals surface area contributed by atoms with Gasteiger partial charge in [0.05, 0.1) is 13.1 Å². The summed E-state index contributed by atoms with van der Waals surface area (Å²) in [6, 6.07) is 11.7. The second-order valence-corrected chi connectivity index (χ2v) is 4.82. The fourth-order valence-electron chi connectivity index (χ4n) is 2.80. The lowest BCUT2D eigenvalue weighted by molar-refractivity contribution is -0.925. The van der Waals surface area contributed by atoms with Gasteiger partial charge in [0.15, 0.2) is 0 Å². The Balaban J connectivity index is 1.72. The number of benzene rings is 1. The van der Waals surface area contributed by atoms with E-state index in [-0.39, 0.29) is 0 Å². The number of quaternary nitrogens is 2. The highest BCUT2D eigenvalue weighted by atomic mass is 15.2. The summed E-state index contributed by atoms with van der Waals surface area (Å²) in [6.07, 6.45) is 2.85. The van der Waals surface area contributed by atoms with Crippen molar-refractivity contribution in [2.45, 2.75) is 32.4 Å². The van der Waals surface area contributed by atoms with Gasteiger partial charge < -0.3 is 10.2 Å². The molecule has 88 valence electrons. The van der Waals surface area contributed by atoms with Crippen LogP contribution in [0.3, 0.4) is 0 Å². The van der Waals surface area contributed by atoms with Crippen LogP contribution in [0.4, 0.5) is 0 Å². The molecule has 16 heavy (non-hydrogen) atoms. The Bertz CT molecular complexity index is 297. The first-order chi connectivity index (χ1) is 7.90. The van der Waals surface area contributed by atoms with Crippen LogP contribution in [-0.2, 0) is 6.54 Å². The summed E-state index contributed by atoms with van der Waals surface area (Å²) in [6.45, 7) is 7.42. The summed E-state index contributed by atoms with van der Waals surface area (Å²) in [5.74, 6) is 0. The topological polar surface area (TPSA) is 21.1 Å². The lowest BCUT2D eigenvalue weighted by Gasteiger charge is -2.18. The Morgan fingerprint density at radius 3 is 2.88 bits per heavy atom. The maximum Gasteiger partial charge on any atom is 0.137 e. The van der Waals surface area contributed by atoms with Crippen molar-refractivity contribution in [3.63, 3.8) is 0 Å². The van der Waals surface area contributed by atoms with Gasteiger partial charge in [0.25, 0.3) is 0 Å². The van der Waals surface area contributed by atoms with Gasteiger partial charge in [-0.1, -0.05) is 30.3 Å². The van der Waals surface area contributed by atoms with E-state index >= 15 is 0 Å². The van der Waals surface area contributed by atoms with E-state index in [2.05, 4.69) is 42.6 Å². The van der Waals surface area contributed by atoms with Gasteiger partial charge in [-0.3, -0.25) is 0 Å². The molecule has 0 saturated carbocycles. The van der Waals surface area contributed by atoms with Crippen molar-refractivity contribution in [3.05, 3.63) is 35.9 Å². The molecular formula is C14H24N2+2. The standard InChI is InChI=1S/C14H22N2/c1-2-16-10-6-9-14(16)12-15-11-13-7-4-3-5-8-13/h3-5,7-8,14-15H,2,6,9-12H2,1H3/p+2/t14-/m1/s1. The van der Waals surface area contributed by atoms with Crippen molar-refractivity contribution in [1.29, 1.82) is 0 Å². The van der Waals surface area contributed by atoms with Gasteiger partial charge in [-0.2, -0.15) is 0 Å². The number of likely N-dealkylation sites (N-methyl/N-ethyl adjacent to an activating group) is 1. The first-order valence-corrected chi connectivity index (χ1v) is 6.60. The number of likely N-dealkylation sites (tertiary alicyclic amines) is 1. The Morgan fingerprint density at radius 2 is 2.12 bits per heavy atom.